The molecule has 1 N–H and O–H groups in total. The molecule has 0 saturated heterocycles. The number of nitrogens with one attached hydrogen (secondary N) is 1. The first-order valence-electron chi connectivity index (χ1n) is 9.21. The summed E-state index contributed by atoms with van der Waals surface area (Å²) >= 11 is 6.08. The van der Waals surface area contributed by atoms with Gasteiger partial charge in [-0.1, -0.05) is 68.8 Å². The maximum absolute atomic E-state index is 12.4. The van der Waals surface area contributed by atoms with E-state index in [0.29, 0.717) is 22.9 Å². The number of benzene rings is 3. The molecule has 3 aromatic carbocycles. The van der Waals surface area contributed by atoms with Crippen LogP contribution in [0.2, 0.25) is 5.02 Å². The van der Waals surface area contributed by atoms with Gasteiger partial charge in [0.2, 0.25) is 0 Å². The number of ether oxygens (including phenoxy) is 1. The quantitative estimate of drug-likeness (QED) is 0.539. The molecule has 0 spiro atoms. The topological polar surface area (TPSA) is 38.3 Å². The molecule has 0 unspecified atom stereocenters. The van der Waals surface area contributed by atoms with Crippen molar-refractivity contribution in [3.8, 4) is 5.75 Å². The molecular formula is C24H24ClNO2. The highest BCUT2D eigenvalue weighted by Crippen LogP contribution is 2.25. The lowest BCUT2D eigenvalue weighted by Gasteiger charge is -2.19. The molecule has 0 radical (unpaired) electrons. The monoisotopic (exact) mass is 393 g/mol. The third-order valence-electron chi connectivity index (χ3n) is 4.46. The van der Waals surface area contributed by atoms with Gasteiger partial charge in [0.1, 0.15) is 12.4 Å². The zero-order valence-electron chi connectivity index (χ0n) is 16.3. The minimum absolute atomic E-state index is 0.124. The van der Waals surface area contributed by atoms with Crippen LogP contribution in [0, 0.1) is 0 Å². The molecule has 0 aliphatic carbocycles. The zero-order valence-corrected chi connectivity index (χ0v) is 17.1. The molecule has 0 aliphatic rings. The number of amides is 1. The van der Waals surface area contributed by atoms with Crippen molar-refractivity contribution < 1.29 is 9.53 Å². The van der Waals surface area contributed by atoms with Crippen molar-refractivity contribution in [3.63, 3.8) is 0 Å². The summed E-state index contributed by atoms with van der Waals surface area (Å²) < 4.78 is 5.85. The molecule has 0 aromatic heterocycles. The van der Waals surface area contributed by atoms with E-state index in [-0.39, 0.29) is 11.3 Å². The highest BCUT2D eigenvalue weighted by atomic mass is 35.5. The number of hydrogen-bond acceptors (Lipinski definition) is 2. The van der Waals surface area contributed by atoms with Gasteiger partial charge >= 0.3 is 0 Å². The Hall–Kier alpha value is -2.78. The molecule has 0 heterocycles. The Kier molecular flexibility index (Phi) is 6.05. The van der Waals surface area contributed by atoms with E-state index in [1.54, 1.807) is 24.3 Å². The van der Waals surface area contributed by atoms with Crippen LogP contribution < -0.4 is 10.1 Å². The fourth-order valence-electron chi connectivity index (χ4n) is 2.73. The van der Waals surface area contributed by atoms with Crippen LogP contribution in [-0.4, -0.2) is 5.91 Å². The second-order valence-electron chi connectivity index (χ2n) is 7.69. The molecule has 0 aliphatic heterocycles. The van der Waals surface area contributed by atoms with Gasteiger partial charge in [-0.15, -0.1) is 0 Å². The molecular weight excluding hydrogens is 370 g/mol. The molecule has 3 aromatic rings. The number of carbonyl (C=O) groups is 1. The SMILES string of the molecule is CC(C)(C)c1ccc(OCc2ccc(C(=O)Nc3ccccc3Cl)cc2)cc1. The third-order valence-corrected chi connectivity index (χ3v) is 4.79. The lowest BCUT2D eigenvalue weighted by Crippen LogP contribution is -2.12. The van der Waals surface area contributed by atoms with E-state index in [4.69, 9.17) is 16.3 Å². The average molecular weight is 394 g/mol. The largest absolute Gasteiger partial charge is 0.489 e. The van der Waals surface area contributed by atoms with Gasteiger partial charge in [-0.25, -0.2) is 0 Å². The van der Waals surface area contributed by atoms with Gasteiger partial charge in [0.25, 0.3) is 5.91 Å². The van der Waals surface area contributed by atoms with Crippen LogP contribution in [0.15, 0.2) is 72.8 Å². The van der Waals surface area contributed by atoms with E-state index in [1.165, 1.54) is 5.56 Å². The summed E-state index contributed by atoms with van der Waals surface area (Å²) in [6, 6.07) is 22.7. The third kappa shape index (κ3) is 5.14. The van der Waals surface area contributed by atoms with Gasteiger partial charge in [-0.2, -0.15) is 0 Å². The van der Waals surface area contributed by atoms with E-state index in [1.807, 2.05) is 36.4 Å². The Morgan fingerprint density at radius 2 is 1.57 bits per heavy atom. The molecule has 3 nitrogen and oxygen atoms in total. The summed E-state index contributed by atoms with van der Waals surface area (Å²) in [5, 5.41) is 3.33. The summed E-state index contributed by atoms with van der Waals surface area (Å²) in [5.41, 5.74) is 3.56. The smallest absolute Gasteiger partial charge is 0.255 e. The molecule has 28 heavy (non-hydrogen) atoms. The van der Waals surface area contributed by atoms with Crippen molar-refractivity contribution in [2.24, 2.45) is 0 Å². The Bertz CT molecular complexity index is 942. The highest BCUT2D eigenvalue weighted by Gasteiger charge is 2.13. The van der Waals surface area contributed by atoms with Crippen molar-refractivity contribution in [1.29, 1.82) is 0 Å². The maximum atomic E-state index is 12.4. The van der Waals surface area contributed by atoms with Gasteiger partial charge in [0.05, 0.1) is 10.7 Å². The number of para-hydroxylation sites is 1. The van der Waals surface area contributed by atoms with Crippen LogP contribution in [0.25, 0.3) is 0 Å². The fraction of sp³-hybridized carbons (Fsp3) is 0.208. The predicted octanol–water partition coefficient (Wildman–Crippen LogP) is 6.47. The molecule has 144 valence electrons. The minimum atomic E-state index is -0.196. The van der Waals surface area contributed by atoms with Crippen molar-refractivity contribution in [1.82, 2.24) is 0 Å². The molecule has 1 amide bonds. The van der Waals surface area contributed by atoms with Crippen LogP contribution >= 0.6 is 11.6 Å². The predicted molar refractivity (Wildman–Crippen MR) is 115 cm³/mol. The summed E-state index contributed by atoms with van der Waals surface area (Å²) in [6.45, 7) is 7.01. The second-order valence-corrected chi connectivity index (χ2v) is 8.10. The second kappa shape index (κ2) is 8.49. The summed E-state index contributed by atoms with van der Waals surface area (Å²) in [6.07, 6.45) is 0. The van der Waals surface area contributed by atoms with Crippen LogP contribution in [0.3, 0.4) is 0 Å². The molecule has 0 atom stereocenters. The molecule has 3 rings (SSSR count). The van der Waals surface area contributed by atoms with Gasteiger partial charge in [0.15, 0.2) is 0 Å². The first kappa shape index (κ1) is 20.0. The summed E-state index contributed by atoms with van der Waals surface area (Å²) in [5.74, 6) is 0.631. The first-order valence-corrected chi connectivity index (χ1v) is 9.59. The fourth-order valence-corrected chi connectivity index (χ4v) is 2.91. The Morgan fingerprint density at radius 1 is 0.929 bits per heavy atom. The van der Waals surface area contributed by atoms with E-state index in [9.17, 15) is 4.79 Å². The van der Waals surface area contributed by atoms with E-state index < -0.39 is 0 Å². The van der Waals surface area contributed by atoms with Crippen molar-refractivity contribution in [3.05, 3.63) is 94.5 Å². The average Bonchev–Trinajstić information content (AvgIpc) is 2.68. The Labute approximate surface area is 171 Å². The molecule has 0 fully saturated rings. The standard InChI is InChI=1S/C24H24ClNO2/c1-24(2,3)19-12-14-20(15-13-19)28-16-17-8-10-18(11-9-17)23(27)26-22-7-5-4-6-21(22)25/h4-15H,16H2,1-3H3,(H,26,27). The number of hydrogen-bond donors (Lipinski definition) is 1. The van der Waals surface area contributed by atoms with Crippen LogP contribution in [0.1, 0.15) is 42.3 Å². The zero-order chi connectivity index (χ0) is 20.1. The van der Waals surface area contributed by atoms with Gasteiger partial charge in [0, 0.05) is 5.56 Å². The van der Waals surface area contributed by atoms with Crippen LogP contribution in [0.5, 0.6) is 5.75 Å². The van der Waals surface area contributed by atoms with Gasteiger partial charge < -0.3 is 10.1 Å². The first-order chi connectivity index (χ1) is 13.3. The van der Waals surface area contributed by atoms with E-state index in [2.05, 4.69) is 38.2 Å². The van der Waals surface area contributed by atoms with Gasteiger partial charge in [-0.05, 0) is 52.9 Å². The Balaban J connectivity index is 1.58. The molecule has 4 heteroatoms. The van der Waals surface area contributed by atoms with Crippen molar-refractivity contribution in [2.45, 2.75) is 32.8 Å². The minimum Gasteiger partial charge on any atom is -0.489 e. The van der Waals surface area contributed by atoms with Gasteiger partial charge in [-0.3, -0.25) is 4.79 Å². The van der Waals surface area contributed by atoms with Crippen LogP contribution in [0.4, 0.5) is 5.69 Å². The van der Waals surface area contributed by atoms with Crippen LogP contribution in [-0.2, 0) is 12.0 Å². The highest BCUT2D eigenvalue weighted by molar-refractivity contribution is 6.33. The van der Waals surface area contributed by atoms with E-state index >= 15 is 0 Å². The molecule has 0 saturated carbocycles. The number of carbonyl (C=O) groups excluding carboxylic acids is 1. The lowest BCUT2D eigenvalue weighted by molar-refractivity contribution is 0.102. The number of rotatable bonds is 5. The summed E-state index contributed by atoms with van der Waals surface area (Å²) in [4.78, 5) is 12.4. The maximum Gasteiger partial charge on any atom is 0.255 e. The van der Waals surface area contributed by atoms with E-state index in [0.717, 1.165) is 11.3 Å². The number of halogens is 1. The lowest BCUT2D eigenvalue weighted by atomic mass is 9.87. The van der Waals surface area contributed by atoms with Crippen molar-refractivity contribution >= 4 is 23.2 Å². The number of anilines is 1. The Morgan fingerprint density at radius 3 is 2.18 bits per heavy atom. The molecule has 0 bridgehead atoms. The normalized spacial score (nSPS) is 11.1. The van der Waals surface area contributed by atoms with Crippen molar-refractivity contribution in [2.75, 3.05) is 5.32 Å². The summed E-state index contributed by atoms with van der Waals surface area (Å²) in [7, 11) is 0.